The molecule has 3 aliphatic rings. The predicted molar refractivity (Wildman–Crippen MR) is 159 cm³/mol. The minimum absolute atomic E-state index is 0.294. The molecule has 0 bridgehead atoms. The number of nitrogens with zero attached hydrogens (tertiary/aromatic N) is 1. The molecule has 0 aromatic heterocycles. The standard InChI is InChI=1S/C34H25ClN2O4/c1-41-22-17-14-21(15-18-22)31(38)29-30(32(39)23-9-3-5-11-25(23)35)37-27-13-7-2-8-20(27)16-19-28(37)34(29)24-10-4-6-12-26(24)36-33(34)40/h2-19,28-30H,1H3,(H,36,40)/t28-,29-,30-,34+/m1/s1. The highest BCUT2D eigenvalue weighted by atomic mass is 35.5. The van der Waals surface area contributed by atoms with Crippen LogP contribution in [0.5, 0.6) is 5.75 Å². The van der Waals surface area contributed by atoms with Crippen LogP contribution in [0.4, 0.5) is 11.4 Å². The molecule has 0 aliphatic carbocycles. The molecular formula is C34H25ClN2O4. The molecule has 1 fully saturated rings. The maximum absolute atomic E-state index is 14.8. The van der Waals surface area contributed by atoms with E-state index in [-0.39, 0.29) is 17.5 Å². The van der Waals surface area contributed by atoms with E-state index in [0.29, 0.717) is 33.1 Å². The van der Waals surface area contributed by atoms with Crippen molar-refractivity contribution in [1.82, 2.24) is 0 Å². The van der Waals surface area contributed by atoms with Gasteiger partial charge in [0.15, 0.2) is 11.6 Å². The van der Waals surface area contributed by atoms with Crippen LogP contribution in [0.3, 0.4) is 0 Å². The van der Waals surface area contributed by atoms with Crippen molar-refractivity contribution in [3.05, 3.63) is 130 Å². The molecule has 3 aliphatic heterocycles. The average molecular weight is 561 g/mol. The summed E-state index contributed by atoms with van der Waals surface area (Å²) >= 11 is 6.58. The fourth-order valence-corrected chi connectivity index (χ4v) is 7.10. The number of para-hydroxylation sites is 2. The lowest BCUT2D eigenvalue weighted by atomic mass is 9.64. The summed E-state index contributed by atoms with van der Waals surface area (Å²) < 4.78 is 5.32. The third-order valence-electron chi connectivity index (χ3n) is 8.61. The van der Waals surface area contributed by atoms with E-state index < -0.39 is 23.4 Å². The number of hydrogen-bond donors (Lipinski definition) is 1. The normalized spacial score (nSPS) is 23.5. The van der Waals surface area contributed by atoms with Gasteiger partial charge in [0.25, 0.3) is 0 Å². The first-order chi connectivity index (χ1) is 20.0. The van der Waals surface area contributed by atoms with Gasteiger partial charge in [-0.3, -0.25) is 14.4 Å². The van der Waals surface area contributed by atoms with E-state index in [0.717, 1.165) is 11.3 Å². The van der Waals surface area contributed by atoms with Crippen LogP contribution in [0.2, 0.25) is 5.02 Å². The van der Waals surface area contributed by atoms with Gasteiger partial charge in [-0.15, -0.1) is 0 Å². The van der Waals surface area contributed by atoms with Crippen molar-refractivity contribution in [3.63, 3.8) is 0 Å². The number of hydrogen-bond acceptors (Lipinski definition) is 5. The Hall–Kier alpha value is -4.68. The first-order valence-electron chi connectivity index (χ1n) is 13.4. The van der Waals surface area contributed by atoms with E-state index in [2.05, 4.69) is 5.32 Å². The number of amides is 1. The van der Waals surface area contributed by atoms with E-state index in [9.17, 15) is 14.4 Å². The minimum atomic E-state index is -1.38. The Kier molecular flexibility index (Phi) is 5.84. The van der Waals surface area contributed by atoms with Crippen molar-refractivity contribution in [2.24, 2.45) is 5.92 Å². The van der Waals surface area contributed by atoms with Gasteiger partial charge in [-0.25, -0.2) is 0 Å². The van der Waals surface area contributed by atoms with E-state index in [1.165, 1.54) is 0 Å². The summed E-state index contributed by atoms with van der Waals surface area (Å²) in [7, 11) is 1.56. The van der Waals surface area contributed by atoms with Crippen LogP contribution in [0.1, 0.15) is 31.8 Å². The quantitative estimate of drug-likeness (QED) is 0.294. The van der Waals surface area contributed by atoms with Crippen molar-refractivity contribution in [3.8, 4) is 5.75 Å². The van der Waals surface area contributed by atoms with E-state index in [1.54, 1.807) is 55.6 Å². The molecule has 0 unspecified atom stereocenters. The van der Waals surface area contributed by atoms with Crippen molar-refractivity contribution in [2.45, 2.75) is 17.5 Å². The number of methoxy groups -OCH3 is 1. The fourth-order valence-electron chi connectivity index (χ4n) is 6.87. The van der Waals surface area contributed by atoms with Crippen LogP contribution in [-0.2, 0) is 10.2 Å². The van der Waals surface area contributed by atoms with Gasteiger partial charge >= 0.3 is 0 Å². The number of anilines is 2. The molecule has 4 aromatic carbocycles. The lowest BCUT2D eigenvalue weighted by Crippen LogP contribution is -2.51. The molecule has 202 valence electrons. The number of Topliss-reactive ketones (excluding diaryl/α,β-unsaturated/α-hetero) is 2. The summed E-state index contributed by atoms with van der Waals surface area (Å²) in [6.07, 6.45) is 3.93. The van der Waals surface area contributed by atoms with Crippen LogP contribution in [0, 0.1) is 5.92 Å². The summed E-state index contributed by atoms with van der Waals surface area (Å²) in [5.74, 6) is -1.38. The van der Waals surface area contributed by atoms with Gasteiger partial charge in [-0.05, 0) is 59.7 Å². The Morgan fingerprint density at radius 3 is 2.37 bits per heavy atom. The van der Waals surface area contributed by atoms with Gasteiger partial charge in [0.05, 0.1) is 24.1 Å². The van der Waals surface area contributed by atoms with Crippen molar-refractivity contribution < 1.29 is 19.1 Å². The van der Waals surface area contributed by atoms with Crippen LogP contribution in [0.15, 0.2) is 103 Å². The van der Waals surface area contributed by atoms with Crippen molar-refractivity contribution in [1.29, 1.82) is 0 Å². The number of nitrogens with one attached hydrogen (secondary N) is 1. The molecule has 7 rings (SSSR count). The SMILES string of the molecule is COc1ccc(C(=O)[C@H]2[C@H](C(=O)c3ccccc3Cl)N3c4ccccc4C=C[C@@H]3[C@]23C(=O)Nc2ccccc23)cc1. The number of ether oxygens (including phenoxy) is 1. The number of ketones is 2. The molecule has 1 N–H and O–H groups in total. The highest BCUT2D eigenvalue weighted by molar-refractivity contribution is 6.34. The molecule has 0 radical (unpaired) electrons. The third-order valence-corrected chi connectivity index (χ3v) is 8.94. The summed E-state index contributed by atoms with van der Waals surface area (Å²) in [4.78, 5) is 45.8. The summed E-state index contributed by atoms with van der Waals surface area (Å²) in [6.45, 7) is 0. The largest absolute Gasteiger partial charge is 0.497 e. The molecule has 4 atom stereocenters. The first-order valence-corrected chi connectivity index (χ1v) is 13.8. The highest BCUT2D eigenvalue weighted by Crippen LogP contribution is 2.58. The number of carbonyl (C=O) groups is 3. The molecule has 1 amide bonds. The Bertz CT molecular complexity index is 1760. The Morgan fingerprint density at radius 2 is 1.59 bits per heavy atom. The van der Waals surface area contributed by atoms with Crippen LogP contribution >= 0.6 is 11.6 Å². The number of fused-ring (bicyclic) bond motifs is 6. The van der Waals surface area contributed by atoms with Gasteiger partial charge in [0.2, 0.25) is 5.91 Å². The predicted octanol–water partition coefficient (Wildman–Crippen LogP) is 6.20. The number of halogens is 1. The van der Waals surface area contributed by atoms with Crippen LogP contribution in [0.25, 0.3) is 6.08 Å². The van der Waals surface area contributed by atoms with Gasteiger partial charge < -0.3 is 15.0 Å². The molecule has 6 nitrogen and oxygen atoms in total. The molecule has 0 saturated carbocycles. The Balaban J connectivity index is 1.53. The van der Waals surface area contributed by atoms with Gasteiger partial charge in [-0.2, -0.15) is 0 Å². The summed E-state index contributed by atoms with van der Waals surface area (Å²) in [5.41, 5.74) is 2.35. The Morgan fingerprint density at radius 1 is 0.878 bits per heavy atom. The molecule has 1 saturated heterocycles. The highest BCUT2D eigenvalue weighted by Gasteiger charge is 2.70. The molecule has 7 heteroatoms. The van der Waals surface area contributed by atoms with Crippen molar-refractivity contribution >= 4 is 46.5 Å². The zero-order chi connectivity index (χ0) is 28.3. The second-order valence-corrected chi connectivity index (χ2v) is 10.9. The minimum Gasteiger partial charge on any atom is -0.497 e. The maximum atomic E-state index is 14.8. The number of carbonyl (C=O) groups excluding carboxylic acids is 3. The molecule has 41 heavy (non-hydrogen) atoms. The molecule has 1 spiro atoms. The van der Waals surface area contributed by atoms with Gasteiger partial charge in [0.1, 0.15) is 17.2 Å². The average Bonchev–Trinajstić information content (AvgIpc) is 3.49. The lowest BCUT2D eigenvalue weighted by molar-refractivity contribution is -0.121. The second-order valence-electron chi connectivity index (χ2n) is 10.5. The second kappa shape index (κ2) is 9.46. The summed E-state index contributed by atoms with van der Waals surface area (Å²) in [5, 5.41) is 3.34. The zero-order valence-electron chi connectivity index (χ0n) is 22.1. The van der Waals surface area contributed by atoms with E-state index >= 15 is 0 Å². The number of benzene rings is 4. The van der Waals surface area contributed by atoms with Gasteiger partial charge in [0, 0.05) is 22.5 Å². The van der Waals surface area contributed by atoms with Crippen LogP contribution < -0.4 is 15.0 Å². The third kappa shape index (κ3) is 3.54. The maximum Gasteiger partial charge on any atom is 0.238 e. The number of rotatable bonds is 5. The topological polar surface area (TPSA) is 75.7 Å². The van der Waals surface area contributed by atoms with Gasteiger partial charge in [-0.1, -0.05) is 72.3 Å². The lowest BCUT2D eigenvalue weighted by Gasteiger charge is -2.37. The smallest absolute Gasteiger partial charge is 0.238 e. The fraction of sp³-hybridized carbons (Fsp3) is 0.147. The molecule has 4 aromatic rings. The molecule has 3 heterocycles. The monoisotopic (exact) mass is 560 g/mol. The van der Waals surface area contributed by atoms with E-state index in [1.807, 2.05) is 65.6 Å². The summed E-state index contributed by atoms with van der Waals surface area (Å²) in [6, 6.07) is 27.2. The first kappa shape index (κ1) is 25.3. The molecular weight excluding hydrogens is 536 g/mol. The zero-order valence-corrected chi connectivity index (χ0v) is 22.8. The van der Waals surface area contributed by atoms with Crippen molar-refractivity contribution in [2.75, 3.05) is 17.3 Å². The Labute approximate surface area is 242 Å². The van der Waals surface area contributed by atoms with E-state index in [4.69, 9.17) is 16.3 Å². The van der Waals surface area contributed by atoms with Crippen LogP contribution in [-0.4, -0.2) is 36.7 Å².